The van der Waals surface area contributed by atoms with Crippen molar-refractivity contribution in [3.63, 3.8) is 0 Å². The van der Waals surface area contributed by atoms with Crippen LogP contribution in [0.5, 0.6) is 0 Å². The maximum Gasteiger partial charge on any atom is 0.327 e. The summed E-state index contributed by atoms with van der Waals surface area (Å²) < 4.78 is 6.68. The molecule has 0 spiro atoms. The van der Waals surface area contributed by atoms with Crippen LogP contribution in [0.4, 0.5) is 0 Å². The third-order valence-electron chi connectivity index (χ3n) is 3.40. The number of hydrogen-bond acceptors (Lipinski definition) is 4. The normalized spacial score (nSPS) is 12.2. The first-order valence-electron chi connectivity index (χ1n) is 6.47. The average Bonchev–Trinajstić information content (AvgIpc) is 2.80. The highest BCUT2D eigenvalue weighted by Crippen LogP contribution is 2.15. The van der Waals surface area contributed by atoms with Crippen LogP contribution >= 0.6 is 0 Å². The van der Waals surface area contributed by atoms with Crippen molar-refractivity contribution in [1.82, 2.24) is 15.1 Å². The quantitative estimate of drug-likeness (QED) is 0.843. The zero-order chi connectivity index (χ0) is 14.5. The summed E-state index contributed by atoms with van der Waals surface area (Å²) in [7, 11) is 3.29. The third kappa shape index (κ3) is 3.05. The van der Waals surface area contributed by atoms with Gasteiger partial charge >= 0.3 is 5.97 Å². The van der Waals surface area contributed by atoms with Gasteiger partial charge in [0.15, 0.2) is 0 Å². The fourth-order valence-electron chi connectivity index (χ4n) is 2.03. The Labute approximate surface area is 118 Å². The van der Waals surface area contributed by atoms with E-state index >= 15 is 0 Å². The molecule has 2 aromatic rings. The zero-order valence-electron chi connectivity index (χ0n) is 12.0. The summed E-state index contributed by atoms with van der Waals surface area (Å²) in [5, 5.41) is 7.42. The Morgan fingerprint density at radius 2 is 2.10 bits per heavy atom. The minimum atomic E-state index is -0.471. The van der Waals surface area contributed by atoms with Crippen molar-refractivity contribution in [2.75, 3.05) is 7.11 Å². The predicted octanol–water partition coefficient (Wildman–Crippen LogP) is 1.73. The van der Waals surface area contributed by atoms with E-state index < -0.39 is 6.04 Å². The van der Waals surface area contributed by atoms with Crippen molar-refractivity contribution in [3.05, 3.63) is 53.3 Å². The third-order valence-corrected chi connectivity index (χ3v) is 3.40. The zero-order valence-corrected chi connectivity index (χ0v) is 12.0. The van der Waals surface area contributed by atoms with Gasteiger partial charge in [0.1, 0.15) is 6.04 Å². The molecule has 1 atom stereocenters. The minimum Gasteiger partial charge on any atom is -0.468 e. The maximum absolute atomic E-state index is 11.9. The molecule has 0 fully saturated rings. The van der Waals surface area contributed by atoms with E-state index in [1.165, 1.54) is 7.11 Å². The van der Waals surface area contributed by atoms with Gasteiger partial charge in [-0.2, -0.15) is 5.10 Å². The van der Waals surface area contributed by atoms with E-state index in [1.807, 2.05) is 55.2 Å². The SMILES string of the molecule is COC(=O)C(NCc1cnn(C)c1C)c1ccccc1. The lowest BCUT2D eigenvalue weighted by Gasteiger charge is -2.16. The summed E-state index contributed by atoms with van der Waals surface area (Å²) in [5.41, 5.74) is 3.03. The molecule has 1 N–H and O–H groups in total. The van der Waals surface area contributed by atoms with Crippen LogP contribution in [0.25, 0.3) is 0 Å². The molecule has 0 bridgehead atoms. The second kappa shape index (κ2) is 6.34. The van der Waals surface area contributed by atoms with E-state index in [9.17, 15) is 4.79 Å². The number of ether oxygens (including phenoxy) is 1. The van der Waals surface area contributed by atoms with Gasteiger partial charge in [-0.15, -0.1) is 0 Å². The van der Waals surface area contributed by atoms with Crippen LogP contribution < -0.4 is 5.32 Å². The molecule has 5 nitrogen and oxygen atoms in total. The lowest BCUT2D eigenvalue weighted by atomic mass is 10.1. The van der Waals surface area contributed by atoms with Crippen molar-refractivity contribution in [1.29, 1.82) is 0 Å². The molecule has 20 heavy (non-hydrogen) atoms. The van der Waals surface area contributed by atoms with E-state index in [2.05, 4.69) is 10.4 Å². The van der Waals surface area contributed by atoms with Gasteiger partial charge in [-0.25, -0.2) is 4.79 Å². The van der Waals surface area contributed by atoms with E-state index in [0.29, 0.717) is 6.54 Å². The highest BCUT2D eigenvalue weighted by molar-refractivity contribution is 5.77. The van der Waals surface area contributed by atoms with Crippen LogP contribution in [0.3, 0.4) is 0 Å². The summed E-state index contributed by atoms with van der Waals surface area (Å²) in [5.74, 6) is -0.294. The maximum atomic E-state index is 11.9. The summed E-state index contributed by atoms with van der Waals surface area (Å²) in [6.07, 6.45) is 1.81. The second-order valence-electron chi connectivity index (χ2n) is 4.63. The van der Waals surface area contributed by atoms with Crippen molar-refractivity contribution < 1.29 is 9.53 Å². The highest BCUT2D eigenvalue weighted by Gasteiger charge is 2.21. The molecular formula is C15H19N3O2. The number of benzene rings is 1. The molecule has 0 amide bonds. The van der Waals surface area contributed by atoms with Gasteiger partial charge in [0.25, 0.3) is 0 Å². The number of nitrogens with zero attached hydrogens (tertiary/aromatic N) is 2. The van der Waals surface area contributed by atoms with Crippen LogP contribution in [0, 0.1) is 6.92 Å². The molecule has 1 aromatic heterocycles. The van der Waals surface area contributed by atoms with Gasteiger partial charge in [0.05, 0.1) is 13.3 Å². The van der Waals surface area contributed by atoms with Crippen molar-refractivity contribution in [2.24, 2.45) is 7.05 Å². The Kier molecular flexibility index (Phi) is 4.53. The largest absolute Gasteiger partial charge is 0.468 e. The van der Waals surface area contributed by atoms with Crippen LogP contribution in [0.15, 0.2) is 36.5 Å². The summed E-state index contributed by atoms with van der Waals surface area (Å²) in [4.78, 5) is 11.9. The molecule has 5 heteroatoms. The molecular weight excluding hydrogens is 254 g/mol. The summed E-state index contributed by atoms with van der Waals surface area (Å²) >= 11 is 0. The summed E-state index contributed by atoms with van der Waals surface area (Å²) in [6, 6.07) is 9.07. The van der Waals surface area contributed by atoms with Gasteiger partial charge in [-0.05, 0) is 12.5 Å². The number of hydrogen-bond donors (Lipinski definition) is 1. The molecule has 1 heterocycles. The predicted molar refractivity (Wildman–Crippen MR) is 76.0 cm³/mol. The van der Waals surface area contributed by atoms with Crippen molar-refractivity contribution in [3.8, 4) is 0 Å². The molecule has 1 aromatic carbocycles. The van der Waals surface area contributed by atoms with Crippen LogP contribution in [-0.4, -0.2) is 22.9 Å². The molecule has 0 aliphatic heterocycles. The Bertz CT molecular complexity index is 578. The average molecular weight is 273 g/mol. The fraction of sp³-hybridized carbons (Fsp3) is 0.333. The number of carbonyl (C=O) groups excluding carboxylic acids is 1. The first-order valence-corrected chi connectivity index (χ1v) is 6.47. The van der Waals surface area contributed by atoms with Gasteiger partial charge in [-0.1, -0.05) is 30.3 Å². The number of methoxy groups -OCH3 is 1. The number of carbonyl (C=O) groups is 1. The standard InChI is InChI=1S/C15H19N3O2/c1-11-13(10-17-18(11)2)9-16-14(15(19)20-3)12-7-5-4-6-8-12/h4-8,10,14,16H,9H2,1-3H3. The molecule has 0 aliphatic carbocycles. The number of aromatic nitrogens is 2. The van der Waals surface area contributed by atoms with Crippen molar-refractivity contribution in [2.45, 2.75) is 19.5 Å². The van der Waals surface area contributed by atoms with E-state index in [-0.39, 0.29) is 5.97 Å². The van der Waals surface area contributed by atoms with Gasteiger partial charge in [0, 0.05) is 24.8 Å². The minimum absolute atomic E-state index is 0.294. The van der Waals surface area contributed by atoms with Gasteiger partial charge in [0.2, 0.25) is 0 Å². The van der Waals surface area contributed by atoms with Gasteiger partial charge < -0.3 is 4.74 Å². The van der Waals surface area contributed by atoms with Crippen LogP contribution in [0.2, 0.25) is 0 Å². The molecule has 0 saturated carbocycles. The number of aryl methyl sites for hydroxylation is 1. The topological polar surface area (TPSA) is 56.1 Å². The molecule has 106 valence electrons. The molecule has 0 aliphatic rings. The lowest BCUT2D eigenvalue weighted by molar-refractivity contribution is -0.143. The molecule has 1 unspecified atom stereocenters. The van der Waals surface area contributed by atoms with Gasteiger partial charge in [-0.3, -0.25) is 10.00 Å². The molecule has 2 rings (SSSR count). The second-order valence-corrected chi connectivity index (χ2v) is 4.63. The number of rotatable bonds is 5. The Balaban J connectivity index is 2.13. The summed E-state index contributed by atoms with van der Waals surface area (Å²) in [6.45, 7) is 2.56. The Hall–Kier alpha value is -2.14. The Morgan fingerprint density at radius 3 is 2.65 bits per heavy atom. The van der Waals surface area contributed by atoms with E-state index in [0.717, 1.165) is 16.8 Å². The lowest BCUT2D eigenvalue weighted by Crippen LogP contribution is -2.29. The Morgan fingerprint density at radius 1 is 1.40 bits per heavy atom. The first kappa shape index (κ1) is 14.3. The van der Waals surface area contributed by atoms with E-state index in [1.54, 1.807) is 0 Å². The molecule has 0 radical (unpaired) electrons. The fourth-order valence-corrected chi connectivity index (χ4v) is 2.03. The number of esters is 1. The van der Waals surface area contributed by atoms with Crippen LogP contribution in [0.1, 0.15) is 22.9 Å². The van der Waals surface area contributed by atoms with E-state index in [4.69, 9.17) is 4.74 Å². The molecule has 0 saturated heterocycles. The smallest absolute Gasteiger partial charge is 0.327 e. The first-order chi connectivity index (χ1) is 9.63. The number of nitrogens with one attached hydrogen (secondary N) is 1. The highest BCUT2D eigenvalue weighted by atomic mass is 16.5. The van der Waals surface area contributed by atoms with Crippen molar-refractivity contribution >= 4 is 5.97 Å². The monoisotopic (exact) mass is 273 g/mol. The van der Waals surface area contributed by atoms with Crippen LogP contribution in [-0.2, 0) is 23.1 Å².